The first-order valence-electron chi connectivity index (χ1n) is 6.65. The lowest BCUT2D eigenvalue weighted by Crippen LogP contribution is -2.54. The second-order valence-corrected chi connectivity index (χ2v) is 16.5. The Morgan fingerprint density at radius 1 is 1.06 bits per heavy atom. The van der Waals surface area contributed by atoms with Crippen LogP contribution in [0.5, 0.6) is 0 Å². The van der Waals surface area contributed by atoms with Crippen LogP contribution in [-0.4, -0.2) is 20.7 Å². The van der Waals surface area contributed by atoms with E-state index in [4.69, 9.17) is 0 Å². The molecular formula is C14H25NSi2. The summed E-state index contributed by atoms with van der Waals surface area (Å²) in [6.45, 7) is 13.6. The number of nitrogens with zero attached hydrogens (tertiary/aromatic N) is 1. The van der Waals surface area contributed by atoms with Crippen molar-refractivity contribution in [1.82, 2.24) is 4.23 Å². The van der Waals surface area contributed by atoms with Crippen molar-refractivity contribution >= 4 is 16.5 Å². The van der Waals surface area contributed by atoms with Gasteiger partial charge in [0.15, 0.2) is 0 Å². The number of benzene rings is 1. The highest BCUT2D eigenvalue weighted by atomic mass is 28.4. The van der Waals surface area contributed by atoms with Crippen LogP contribution < -0.4 is 0 Å². The third-order valence-corrected chi connectivity index (χ3v) is 14.6. The molecule has 0 aliphatic carbocycles. The smallest absolute Gasteiger partial charge is 0.115 e. The molecule has 1 nitrogen and oxygen atoms in total. The Hall–Kier alpha value is -0.386. The minimum absolute atomic E-state index is 1.11. The molecule has 0 unspecified atom stereocenters. The third-order valence-electron chi connectivity index (χ3n) is 4.23. The first-order chi connectivity index (χ1) is 7.81. The van der Waals surface area contributed by atoms with Crippen molar-refractivity contribution in [3.05, 3.63) is 35.4 Å². The molecule has 3 heteroatoms. The van der Waals surface area contributed by atoms with E-state index in [0.717, 1.165) is 0 Å². The van der Waals surface area contributed by atoms with Gasteiger partial charge in [0, 0.05) is 6.54 Å². The van der Waals surface area contributed by atoms with Gasteiger partial charge in [-0.15, -0.1) is 0 Å². The summed E-state index contributed by atoms with van der Waals surface area (Å²) in [4.78, 5) is 0. The van der Waals surface area contributed by atoms with E-state index in [1.54, 1.807) is 0 Å². The molecule has 1 aliphatic heterocycles. The number of aryl methyl sites for hydroxylation is 1. The highest BCUT2D eigenvalue weighted by Crippen LogP contribution is 2.37. The monoisotopic (exact) mass is 263 g/mol. The summed E-state index contributed by atoms with van der Waals surface area (Å²) in [6.07, 6.45) is 0. The maximum atomic E-state index is 2.94. The minimum Gasteiger partial charge on any atom is -0.342 e. The molecule has 1 aromatic carbocycles. The molecule has 0 atom stereocenters. The van der Waals surface area contributed by atoms with Crippen LogP contribution in [0.2, 0.25) is 38.3 Å². The summed E-state index contributed by atoms with van der Waals surface area (Å²) in [5.74, 6) is 0. The molecule has 1 aliphatic rings. The van der Waals surface area contributed by atoms with Gasteiger partial charge in [-0.2, -0.15) is 0 Å². The molecule has 0 bridgehead atoms. The second kappa shape index (κ2) is 4.37. The van der Waals surface area contributed by atoms with Gasteiger partial charge >= 0.3 is 0 Å². The summed E-state index contributed by atoms with van der Waals surface area (Å²) in [5.41, 5.74) is 2.90. The maximum absolute atomic E-state index is 2.94. The van der Waals surface area contributed by atoms with E-state index >= 15 is 0 Å². The topological polar surface area (TPSA) is 3.24 Å². The van der Waals surface area contributed by atoms with Gasteiger partial charge < -0.3 is 4.23 Å². The highest BCUT2D eigenvalue weighted by Gasteiger charge is 2.46. The van der Waals surface area contributed by atoms with Crippen LogP contribution in [0.1, 0.15) is 11.1 Å². The van der Waals surface area contributed by atoms with Gasteiger partial charge in [0.05, 0.1) is 0 Å². The fraction of sp³-hybridized carbons (Fsp3) is 0.571. The molecule has 0 N–H and O–H groups in total. The van der Waals surface area contributed by atoms with Crippen molar-refractivity contribution in [2.24, 2.45) is 0 Å². The largest absolute Gasteiger partial charge is 0.342 e. The van der Waals surface area contributed by atoms with Crippen molar-refractivity contribution in [3.63, 3.8) is 0 Å². The van der Waals surface area contributed by atoms with Crippen molar-refractivity contribution < 1.29 is 0 Å². The average molecular weight is 264 g/mol. The van der Waals surface area contributed by atoms with Crippen LogP contribution in [-0.2, 0) is 6.54 Å². The molecular weight excluding hydrogens is 238 g/mol. The van der Waals surface area contributed by atoms with Crippen molar-refractivity contribution in [2.75, 3.05) is 0 Å². The van der Waals surface area contributed by atoms with Gasteiger partial charge in [-0.1, -0.05) is 56.0 Å². The Balaban J connectivity index is 2.22. The zero-order valence-corrected chi connectivity index (χ0v) is 13.9. The summed E-state index contributed by atoms with van der Waals surface area (Å²) < 4.78 is 2.94. The predicted octanol–water partition coefficient (Wildman–Crippen LogP) is 4.22. The molecule has 0 amide bonds. The van der Waals surface area contributed by atoms with E-state index in [1.165, 1.54) is 29.8 Å². The molecule has 1 saturated heterocycles. The summed E-state index contributed by atoms with van der Waals surface area (Å²) in [5, 5.41) is 0. The molecule has 1 fully saturated rings. The normalized spacial score (nSPS) is 22.9. The molecule has 17 heavy (non-hydrogen) atoms. The molecule has 2 rings (SSSR count). The van der Waals surface area contributed by atoms with Crippen LogP contribution in [0.3, 0.4) is 0 Å². The number of rotatable bonds is 2. The standard InChI is InChI=1S/C14H25NSi2/c1-13-7-6-8-14(11-13)12-15-16(2,3)9-10-17(15,4)5/h6-8,11H,9-10,12H2,1-5H3. The van der Waals surface area contributed by atoms with E-state index in [-0.39, 0.29) is 0 Å². The van der Waals surface area contributed by atoms with Crippen molar-refractivity contribution in [1.29, 1.82) is 0 Å². The van der Waals surface area contributed by atoms with E-state index in [0.29, 0.717) is 0 Å². The highest BCUT2D eigenvalue weighted by molar-refractivity contribution is 6.95. The second-order valence-electron chi connectivity index (χ2n) is 6.70. The Kier molecular flexibility index (Phi) is 3.36. The van der Waals surface area contributed by atoms with Crippen LogP contribution in [0.25, 0.3) is 0 Å². The Morgan fingerprint density at radius 2 is 1.65 bits per heavy atom. The lowest BCUT2D eigenvalue weighted by Gasteiger charge is -2.39. The fourth-order valence-electron chi connectivity index (χ4n) is 3.12. The van der Waals surface area contributed by atoms with Crippen molar-refractivity contribution in [2.45, 2.75) is 51.7 Å². The lowest BCUT2D eigenvalue weighted by atomic mass is 10.1. The van der Waals surface area contributed by atoms with E-state index in [1.807, 2.05) is 0 Å². The first kappa shape index (κ1) is 13.1. The molecule has 1 aromatic rings. The molecule has 94 valence electrons. The third kappa shape index (κ3) is 2.72. The van der Waals surface area contributed by atoms with Gasteiger partial charge in [-0.05, 0) is 24.6 Å². The van der Waals surface area contributed by atoms with Gasteiger partial charge in [-0.3, -0.25) is 0 Å². The van der Waals surface area contributed by atoms with E-state index < -0.39 is 16.5 Å². The summed E-state index contributed by atoms with van der Waals surface area (Å²) >= 11 is 0. The Labute approximate surface area is 108 Å². The quantitative estimate of drug-likeness (QED) is 0.722. The number of hydrogen-bond acceptors (Lipinski definition) is 1. The molecule has 1 heterocycles. The van der Waals surface area contributed by atoms with Crippen LogP contribution >= 0.6 is 0 Å². The zero-order chi connectivity index (χ0) is 12.7. The average Bonchev–Trinajstić information content (AvgIpc) is 2.42. The van der Waals surface area contributed by atoms with Gasteiger partial charge in [0.1, 0.15) is 16.5 Å². The van der Waals surface area contributed by atoms with Gasteiger partial charge in [0.2, 0.25) is 0 Å². The first-order valence-corrected chi connectivity index (χ1v) is 13.0. The molecule has 0 radical (unpaired) electrons. The SMILES string of the molecule is Cc1cccc(CN2[Si](C)(C)CC[Si]2(C)C)c1. The summed E-state index contributed by atoms with van der Waals surface area (Å²) in [7, 11) is -2.22. The van der Waals surface area contributed by atoms with Gasteiger partial charge in [-0.25, -0.2) is 0 Å². The maximum Gasteiger partial charge on any atom is 0.115 e. The molecule has 0 aromatic heterocycles. The van der Waals surface area contributed by atoms with Crippen molar-refractivity contribution in [3.8, 4) is 0 Å². The van der Waals surface area contributed by atoms with Gasteiger partial charge in [0.25, 0.3) is 0 Å². The molecule has 0 spiro atoms. The Bertz CT molecular complexity index is 396. The zero-order valence-electron chi connectivity index (χ0n) is 11.9. The van der Waals surface area contributed by atoms with Crippen LogP contribution in [0, 0.1) is 6.92 Å². The Morgan fingerprint density at radius 3 is 2.18 bits per heavy atom. The minimum atomic E-state index is -1.11. The summed E-state index contributed by atoms with van der Waals surface area (Å²) in [6, 6.07) is 12.0. The fourth-order valence-corrected chi connectivity index (χ4v) is 17.0. The van der Waals surface area contributed by atoms with Crippen LogP contribution in [0.15, 0.2) is 24.3 Å². The van der Waals surface area contributed by atoms with E-state index in [2.05, 4.69) is 61.6 Å². The van der Waals surface area contributed by atoms with E-state index in [9.17, 15) is 0 Å². The van der Waals surface area contributed by atoms with Crippen LogP contribution in [0.4, 0.5) is 0 Å². The number of hydrogen-bond donors (Lipinski definition) is 0. The molecule has 0 saturated carbocycles. The lowest BCUT2D eigenvalue weighted by molar-refractivity contribution is 0.623. The predicted molar refractivity (Wildman–Crippen MR) is 81.3 cm³/mol.